The number of carbonyl (C=O) groups excluding carboxylic acids is 1. The lowest BCUT2D eigenvalue weighted by Gasteiger charge is -2.41. The fraction of sp³-hybridized carbons (Fsp3) is 0.333. The number of thiazole rings is 1. The lowest BCUT2D eigenvalue weighted by molar-refractivity contribution is -0.145. The monoisotopic (exact) mass is 569 g/mol. The summed E-state index contributed by atoms with van der Waals surface area (Å²) in [6.45, 7) is 6.64. The molecule has 0 saturated carbocycles. The van der Waals surface area contributed by atoms with E-state index in [1.807, 2.05) is 37.3 Å². The van der Waals surface area contributed by atoms with Crippen LogP contribution in [0, 0.1) is 6.92 Å². The number of rotatable bonds is 8. The summed E-state index contributed by atoms with van der Waals surface area (Å²) in [7, 11) is 0. The van der Waals surface area contributed by atoms with Gasteiger partial charge in [-0.15, -0.1) is 0 Å². The number of alkyl halides is 3. The highest BCUT2D eigenvalue weighted by Gasteiger charge is 2.32. The van der Waals surface area contributed by atoms with E-state index < -0.39 is 17.7 Å². The number of aromatic nitrogens is 1. The van der Waals surface area contributed by atoms with Gasteiger partial charge in [0.05, 0.1) is 28.4 Å². The van der Waals surface area contributed by atoms with Gasteiger partial charge in [0.25, 0.3) is 0 Å². The zero-order valence-corrected chi connectivity index (χ0v) is 23.1. The van der Waals surface area contributed by atoms with Gasteiger partial charge in [-0.2, -0.15) is 13.2 Å². The molecule has 0 spiro atoms. The summed E-state index contributed by atoms with van der Waals surface area (Å²) in [5.74, 6) is 0.209. The Morgan fingerprint density at radius 3 is 2.62 bits per heavy atom. The lowest BCUT2D eigenvalue weighted by Crippen LogP contribution is -2.48. The Labute approximate surface area is 235 Å². The van der Waals surface area contributed by atoms with Crippen LogP contribution in [0.25, 0.3) is 10.2 Å². The SMILES string of the molecule is CCOC(=O)COc1cc(C)cc(CN2CCN(c3nc4ccc(C(F)(F)F)cc4s3)CC2c2ccccc2)c1. The summed E-state index contributed by atoms with van der Waals surface area (Å²) in [5, 5.41) is 0.722. The molecule has 1 atom stereocenters. The number of esters is 1. The molecule has 0 radical (unpaired) electrons. The second kappa shape index (κ2) is 11.9. The highest BCUT2D eigenvalue weighted by molar-refractivity contribution is 7.22. The largest absolute Gasteiger partial charge is 0.482 e. The number of halogens is 3. The molecule has 40 heavy (non-hydrogen) atoms. The van der Waals surface area contributed by atoms with E-state index in [0.717, 1.165) is 34.4 Å². The molecule has 210 valence electrons. The normalized spacial score (nSPS) is 16.3. The van der Waals surface area contributed by atoms with E-state index in [9.17, 15) is 18.0 Å². The van der Waals surface area contributed by atoms with Crippen molar-refractivity contribution in [3.8, 4) is 5.75 Å². The standard InChI is InChI=1S/C30H30F3N3O3S/c1-3-38-28(37)19-39-24-14-20(2)13-21(15-24)17-35-11-12-36(18-26(35)22-7-5-4-6-8-22)29-34-25-10-9-23(30(31,32)33)16-27(25)40-29/h4-10,13-16,26H,3,11-12,17-19H2,1-2H3. The van der Waals surface area contributed by atoms with Crippen LogP contribution < -0.4 is 9.64 Å². The van der Waals surface area contributed by atoms with Crippen LogP contribution in [0.1, 0.15) is 35.2 Å². The van der Waals surface area contributed by atoms with Crippen molar-refractivity contribution < 1.29 is 27.4 Å². The Hall–Kier alpha value is -3.63. The number of piperazine rings is 1. The van der Waals surface area contributed by atoms with Crippen LogP contribution in [0.15, 0.2) is 66.7 Å². The Morgan fingerprint density at radius 1 is 1.07 bits per heavy atom. The molecule has 1 aromatic heterocycles. The van der Waals surface area contributed by atoms with Crippen LogP contribution in [0.3, 0.4) is 0 Å². The average molecular weight is 570 g/mol. The van der Waals surface area contributed by atoms with Crippen molar-refractivity contribution in [3.05, 3.63) is 89.0 Å². The Balaban J connectivity index is 1.36. The first-order valence-corrected chi connectivity index (χ1v) is 13.9. The molecule has 1 saturated heterocycles. The summed E-state index contributed by atoms with van der Waals surface area (Å²) in [4.78, 5) is 21.0. The Bertz CT molecular complexity index is 1480. The van der Waals surface area contributed by atoms with E-state index in [1.165, 1.54) is 23.5 Å². The number of hydrogen-bond donors (Lipinski definition) is 0. The zero-order valence-electron chi connectivity index (χ0n) is 22.3. The summed E-state index contributed by atoms with van der Waals surface area (Å²) < 4.78 is 50.9. The summed E-state index contributed by atoms with van der Waals surface area (Å²) in [6.07, 6.45) is -4.39. The number of hydrogen-bond acceptors (Lipinski definition) is 7. The molecule has 0 N–H and O–H groups in total. The Morgan fingerprint density at radius 2 is 1.88 bits per heavy atom. The topological polar surface area (TPSA) is 54.9 Å². The van der Waals surface area contributed by atoms with Crippen LogP contribution in [0.5, 0.6) is 5.75 Å². The number of fused-ring (bicyclic) bond motifs is 1. The first-order valence-electron chi connectivity index (χ1n) is 13.1. The van der Waals surface area contributed by atoms with Crippen LogP contribution in [0.4, 0.5) is 18.3 Å². The van der Waals surface area contributed by atoms with Gasteiger partial charge in [0.15, 0.2) is 11.7 Å². The zero-order chi connectivity index (χ0) is 28.3. The molecule has 3 aromatic carbocycles. The van der Waals surface area contributed by atoms with E-state index in [1.54, 1.807) is 6.92 Å². The summed E-state index contributed by atoms with van der Waals surface area (Å²) in [5.41, 5.74) is 3.15. The molecule has 1 fully saturated rings. The molecular weight excluding hydrogens is 539 g/mol. The highest BCUT2D eigenvalue weighted by atomic mass is 32.1. The van der Waals surface area contributed by atoms with Crippen molar-refractivity contribution in [1.82, 2.24) is 9.88 Å². The number of ether oxygens (including phenoxy) is 2. The first-order chi connectivity index (χ1) is 19.2. The molecule has 0 amide bonds. The summed E-state index contributed by atoms with van der Waals surface area (Å²) >= 11 is 1.29. The minimum absolute atomic E-state index is 0.0390. The van der Waals surface area contributed by atoms with Gasteiger partial charge in [0, 0.05) is 26.2 Å². The quantitative estimate of drug-likeness (QED) is 0.222. The van der Waals surface area contributed by atoms with Gasteiger partial charge < -0.3 is 14.4 Å². The predicted octanol–water partition coefficient (Wildman–Crippen LogP) is 6.63. The van der Waals surface area contributed by atoms with E-state index in [2.05, 4.69) is 33.0 Å². The maximum absolute atomic E-state index is 13.2. The minimum Gasteiger partial charge on any atom is -0.482 e. The number of anilines is 1. The number of benzene rings is 3. The maximum atomic E-state index is 13.2. The molecule has 6 nitrogen and oxygen atoms in total. The number of nitrogens with zero attached hydrogens (tertiary/aromatic N) is 3. The van der Waals surface area contributed by atoms with Crippen molar-refractivity contribution in [2.45, 2.75) is 32.6 Å². The molecule has 0 bridgehead atoms. The summed E-state index contributed by atoms with van der Waals surface area (Å²) in [6, 6.07) is 19.9. The molecule has 4 aromatic rings. The average Bonchev–Trinajstić information content (AvgIpc) is 3.36. The van der Waals surface area contributed by atoms with Gasteiger partial charge in [-0.25, -0.2) is 9.78 Å². The van der Waals surface area contributed by atoms with E-state index >= 15 is 0 Å². The number of aryl methyl sites for hydroxylation is 1. The highest BCUT2D eigenvalue weighted by Crippen LogP contribution is 2.37. The molecule has 10 heteroatoms. The van der Waals surface area contributed by atoms with E-state index in [4.69, 9.17) is 9.47 Å². The van der Waals surface area contributed by atoms with Crippen molar-refractivity contribution >= 4 is 32.7 Å². The number of carbonyl (C=O) groups is 1. The predicted molar refractivity (Wildman–Crippen MR) is 150 cm³/mol. The molecule has 1 unspecified atom stereocenters. The van der Waals surface area contributed by atoms with Crippen molar-refractivity contribution in [1.29, 1.82) is 0 Å². The molecule has 1 aliphatic rings. The molecule has 1 aliphatic heterocycles. The Kier molecular flexibility index (Phi) is 8.27. The van der Waals surface area contributed by atoms with Gasteiger partial charge in [0.2, 0.25) is 0 Å². The van der Waals surface area contributed by atoms with Crippen molar-refractivity contribution in [2.75, 3.05) is 37.7 Å². The van der Waals surface area contributed by atoms with E-state index in [-0.39, 0.29) is 12.6 Å². The second-order valence-electron chi connectivity index (χ2n) is 9.77. The molecule has 5 rings (SSSR count). The molecule has 0 aliphatic carbocycles. The van der Waals surface area contributed by atoms with Gasteiger partial charge in [0.1, 0.15) is 5.75 Å². The van der Waals surface area contributed by atoms with Crippen molar-refractivity contribution in [2.24, 2.45) is 0 Å². The lowest BCUT2D eigenvalue weighted by atomic mass is 10.0. The van der Waals surface area contributed by atoms with Gasteiger partial charge in [-0.05, 0) is 60.9 Å². The maximum Gasteiger partial charge on any atom is 0.416 e. The van der Waals surface area contributed by atoms with Crippen LogP contribution in [-0.2, 0) is 22.3 Å². The third-order valence-electron chi connectivity index (χ3n) is 6.81. The third-order valence-corrected chi connectivity index (χ3v) is 7.89. The third kappa shape index (κ3) is 6.56. The fourth-order valence-corrected chi connectivity index (χ4v) is 6.02. The minimum atomic E-state index is -4.39. The van der Waals surface area contributed by atoms with E-state index in [0.29, 0.717) is 42.2 Å². The first kappa shape index (κ1) is 27.9. The van der Waals surface area contributed by atoms with Gasteiger partial charge >= 0.3 is 12.1 Å². The van der Waals surface area contributed by atoms with Crippen LogP contribution in [-0.4, -0.2) is 48.7 Å². The molecule has 2 heterocycles. The van der Waals surface area contributed by atoms with Gasteiger partial charge in [-0.1, -0.05) is 47.7 Å². The van der Waals surface area contributed by atoms with Gasteiger partial charge in [-0.3, -0.25) is 4.90 Å². The van der Waals surface area contributed by atoms with Crippen LogP contribution >= 0.6 is 11.3 Å². The molecular formula is C30H30F3N3O3S. The van der Waals surface area contributed by atoms with Crippen LogP contribution in [0.2, 0.25) is 0 Å². The second-order valence-corrected chi connectivity index (χ2v) is 10.8. The fourth-order valence-electron chi connectivity index (χ4n) is 4.98. The smallest absolute Gasteiger partial charge is 0.416 e. The van der Waals surface area contributed by atoms with Crippen molar-refractivity contribution in [3.63, 3.8) is 0 Å².